The first kappa shape index (κ1) is 14.8. The maximum atomic E-state index is 12.0. The van der Waals surface area contributed by atoms with E-state index >= 15 is 0 Å². The van der Waals surface area contributed by atoms with Crippen molar-refractivity contribution in [2.24, 2.45) is 5.92 Å². The fraction of sp³-hybridized carbons (Fsp3) is 0.500. The zero-order valence-electron chi connectivity index (χ0n) is 12.4. The number of carbonyl (C=O) groups is 2. The van der Waals surface area contributed by atoms with Crippen molar-refractivity contribution in [3.8, 4) is 0 Å². The highest BCUT2D eigenvalue weighted by molar-refractivity contribution is 5.86. The van der Waals surface area contributed by atoms with Crippen LogP contribution in [-0.4, -0.2) is 54.7 Å². The number of para-hydroxylation sites is 1. The maximum absolute atomic E-state index is 12.0. The number of rotatable bonds is 4. The Labute approximate surface area is 129 Å². The van der Waals surface area contributed by atoms with Gasteiger partial charge in [-0.1, -0.05) is 18.2 Å². The van der Waals surface area contributed by atoms with Gasteiger partial charge in [-0.3, -0.25) is 9.59 Å². The van der Waals surface area contributed by atoms with Crippen molar-refractivity contribution < 1.29 is 19.4 Å². The van der Waals surface area contributed by atoms with E-state index in [0.717, 1.165) is 24.3 Å². The van der Waals surface area contributed by atoms with Crippen molar-refractivity contribution in [1.29, 1.82) is 0 Å². The van der Waals surface area contributed by atoms with Crippen LogP contribution in [0.5, 0.6) is 0 Å². The van der Waals surface area contributed by atoms with Gasteiger partial charge in [0.2, 0.25) is 5.91 Å². The molecule has 2 fully saturated rings. The van der Waals surface area contributed by atoms with Gasteiger partial charge in [-0.2, -0.15) is 0 Å². The first-order valence-corrected chi connectivity index (χ1v) is 7.56. The summed E-state index contributed by atoms with van der Waals surface area (Å²) in [6.07, 6.45) is 0.106. The first-order chi connectivity index (χ1) is 10.6. The van der Waals surface area contributed by atoms with Crippen LogP contribution in [-0.2, 0) is 20.9 Å². The fourth-order valence-corrected chi connectivity index (χ4v) is 3.05. The third-order valence-electron chi connectivity index (χ3n) is 4.27. The maximum Gasteiger partial charge on any atom is 0.308 e. The molecule has 2 aliphatic rings. The van der Waals surface area contributed by atoms with Crippen LogP contribution in [0.4, 0.5) is 5.69 Å². The summed E-state index contributed by atoms with van der Waals surface area (Å²) < 4.78 is 5.38. The molecule has 0 aliphatic carbocycles. The molecule has 118 valence electrons. The largest absolute Gasteiger partial charge is 0.481 e. The van der Waals surface area contributed by atoms with E-state index in [9.17, 15) is 9.59 Å². The Hall–Kier alpha value is -2.08. The molecule has 6 nitrogen and oxygen atoms in total. The fourth-order valence-electron chi connectivity index (χ4n) is 3.05. The van der Waals surface area contributed by atoms with Gasteiger partial charge in [-0.15, -0.1) is 0 Å². The minimum absolute atomic E-state index is 0.0795. The molecule has 1 amide bonds. The summed E-state index contributed by atoms with van der Waals surface area (Å²) in [5.74, 6) is -1.55. The van der Waals surface area contributed by atoms with Gasteiger partial charge in [-0.25, -0.2) is 0 Å². The quantitative estimate of drug-likeness (QED) is 0.897. The molecule has 2 heterocycles. The molecule has 0 bridgehead atoms. The molecule has 6 heteroatoms. The molecule has 1 atom stereocenters. The molecule has 0 spiro atoms. The highest BCUT2D eigenvalue weighted by Gasteiger charge is 2.34. The lowest BCUT2D eigenvalue weighted by molar-refractivity contribution is -0.141. The summed E-state index contributed by atoms with van der Waals surface area (Å²) in [7, 11) is 0. The molecule has 0 saturated carbocycles. The zero-order chi connectivity index (χ0) is 15.5. The van der Waals surface area contributed by atoms with Crippen molar-refractivity contribution >= 4 is 17.6 Å². The lowest BCUT2D eigenvalue weighted by Gasteiger charge is -2.31. The Morgan fingerprint density at radius 2 is 2.00 bits per heavy atom. The second-order valence-electron chi connectivity index (χ2n) is 5.74. The van der Waals surface area contributed by atoms with E-state index in [1.54, 1.807) is 4.90 Å². The normalized spacial score (nSPS) is 22.2. The monoisotopic (exact) mass is 304 g/mol. The van der Waals surface area contributed by atoms with Crippen molar-refractivity contribution in [3.63, 3.8) is 0 Å². The topological polar surface area (TPSA) is 70.1 Å². The van der Waals surface area contributed by atoms with Crippen LogP contribution in [0.25, 0.3) is 0 Å². The predicted molar refractivity (Wildman–Crippen MR) is 80.6 cm³/mol. The van der Waals surface area contributed by atoms with Crippen LogP contribution in [0.2, 0.25) is 0 Å². The van der Waals surface area contributed by atoms with E-state index < -0.39 is 11.9 Å². The molecular formula is C16H20N2O4. The molecular weight excluding hydrogens is 284 g/mol. The van der Waals surface area contributed by atoms with Crippen LogP contribution in [0, 0.1) is 5.92 Å². The lowest BCUT2D eigenvalue weighted by atomic mass is 10.1. The molecule has 1 unspecified atom stereocenters. The number of aliphatic carboxylic acids is 1. The van der Waals surface area contributed by atoms with Crippen molar-refractivity contribution in [1.82, 2.24) is 4.90 Å². The molecule has 2 saturated heterocycles. The molecule has 2 aliphatic heterocycles. The van der Waals surface area contributed by atoms with E-state index in [1.165, 1.54) is 0 Å². The number of benzene rings is 1. The van der Waals surface area contributed by atoms with Gasteiger partial charge in [0.15, 0.2) is 0 Å². The Bertz CT molecular complexity index is 569. The van der Waals surface area contributed by atoms with Crippen LogP contribution in [0.1, 0.15) is 12.0 Å². The number of hydrogen-bond acceptors (Lipinski definition) is 4. The summed E-state index contributed by atoms with van der Waals surface area (Å²) in [5, 5.41) is 9.07. The number of likely N-dealkylation sites (tertiary alicyclic amines) is 1. The highest BCUT2D eigenvalue weighted by atomic mass is 16.5. The Morgan fingerprint density at radius 3 is 2.68 bits per heavy atom. The van der Waals surface area contributed by atoms with Crippen molar-refractivity contribution in [2.45, 2.75) is 13.0 Å². The number of hydrogen-bond donors (Lipinski definition) is 1. The summed E-state index contributed by atoms with van der Waals surface area (Å²) in [6, 6.07) is 8.00. The number of ether oxygens (including phenoxy) is 1. The number of carbonyl (C=O) groups excluding carboxylic acids is 1. The van der Waals surface area contributed by atoms with Gasteiger partial charge in [0.25, 0.3) is 0 Å². The third-order valence-corrected chi connectivity index (χ3v) is 4.27. The Balaban J connectivity index is 1.75. The molecule has 0 aromatic heterocycles. The van der Waals surface area contributed by atoms with Crippen LogP contribution < -0.4 is 4.90 Å². The van der Waals surface area contributed by atoms with Gasteiger partial charge >= 0.3 is 5.97 Å². The molecule has 0 radical (unpaired) electrons. The lowest BCUT2D eigenvalue weighted by Crippen LogP contribution is -2.37. The van der Waals surface area contributed by atoms with Crippen LogP contribution >= 0.6 is 0 Å². The molecule has 3 rings (SSSR count). The second kappa shape index (κ2) is 6.36. The highest BCUT2D eigenvalue weighted by Crippen LogP contribution is 2.26. The number of nitrogens with zero attached hydrogens (tertiary/aromatic N) is 2. The third kappa shape index (κ3) is 3.06. The Morgan fingerprint density at radius 1 is 1.27 bits per heavy atom. The number of carboxylic acids is 1. The average Bonchev–Trinajstić information content (AvgIpc) is 2.90. The van der Waals surface area contributed by atoms with Crippen molar-refractivity contribution in [3.05, 3.63) is 29.8 Å². The van der Waals surface area contributed by atoms with Crippen molar-refractivity contribution in [2.75, 3.05) is 37.7 Å². The van der Waals surface area contributed by atoms with Gasteiger partial charge in [0, 0.05) is 38.3 Å². The molecule has 1 aromatic carbocycles. The van der Waals surface area contributed by atoms with E-state index in [1.807, 2.05) is 18.2 Å². The Kier molecular flexibility index (Phi) is 4.29. The van der Waals surface area contributed by atoms with E-state index in [-0.39, 0.29) is 12.3 Å². The number of carboxylic acid groups (broad SMARTS) is 1. The predicted octanol–water partition coefficient (Wildman–Crippen LogP) is 0.956. The van der Waals surface area contributed by atoms with Gasteiger partial charge in [-0.05, 0) is 11.6 Å². The van der Waals surface area contributed by atoms with Gasteiger partial charge in [0.05, 0.1) is 19.1 Å². The summed E-state index contributed by atoms with van der Waals surface area (Å²) in [6.45, 7) is 3.85. The molecule has 1 aromatic rings. The molecule has 1 N–H and O–H groups in total. The van der Waals surface area contributed by atoms with E-state index in [0.29, 0.717) is 26.3 Å². The number of morpholine rings is 1. The van der Waals surface area contributed by atoms with E-state index in [4.69, 9.17) is 9.84 Å². The average molecular weight is 304 g/mol. The minimum atomic E-state index is -0.891. The summed E-state index contributed by atoms with van der Waals surface area (Å²) >= 11 is 0. The minimum Gasteiger partial charge on any atom is -0.481 e. The number of anilines is 1. The smallest absolute Gasteiger partial charge is 0.308 e. The van der Waals surface area contributed by atoms with Crippen LogP contribution in [0.15, 0.2) is 24.3 Å². The zero-order valence-corrected chi connectivity index (χ0v) is 12.4. The van der Waals surface area contributed by atoms with Gasteiger partial charge in [0.1, 0.15) is 0 Å². The summed E-state index contributed by atoms with van der Waals surface area (Å²) in [4.78, 5) is 27.0. The van der Waals surface area contributed by atoms with Gasteiger partial charge < -0.3 is 19.6 Å². The molecule has 22 heavy (non-hydrogen) atoms. The standard InChI is InChI=1S/C16H20N2O4/c19-15-9-13(16(20)21)11-18(15)10-12-3-1-2-4-14(12)17-5-7-22-8-6-17/h1-4,13H,5-11H2,(H,20,21). The van der Waals surface area contributed by atoms with E-state index in [2.05, 4.69) is 11.0 Å². The first-order valence-electron chi connectivity index (χ1n) is 7.56. The SMILES string of the molecule is O=C(O)C1CC(=O)N(Cc2ccccc2N2CCOCC2)C1. The second-order valence-corrected chi connectivity index (χ2v) is 5.74. The number of amides is 1. The van der Waals surface area contributed by atoms with Crippen LogP contribution in [0.3, 0.4) is 0 Å². The summed E-state index contributed by atoms with van der Waals surface area (Å²) in [5.41, 5.74) is 2.17.